The van der Waals surface area contributed by atoms with Crippen molar-refractivity contribution in [2.24, 2.45) is 5.92 Å². The molecular weight excluding hydrogens is 246 g/mol. The molecule has 98 valence electrons. The number of hydrogen-bond donors (Lipinski definition) is 1. The van der Waals surface area contributed by atoms with Crippen LogP contribution in [0.25, 0.3) is 0 Å². The predicted octanol–water partition coefficient (Wildman–Crippen LogP) is 3.96. The smallest absolute Gasteiger partial charge is 0.251 e. The summed E-state index contributed by atoms with van der Waals surface area (Å²) in [5, 5.41) is 3.76. The number of hydrogen-bond acceptors (Lipinski definition) is 1. The zero-order chi connectivity index (χ0) is 13.1. The van der Waals surface area contributed by atoms with E-state index in [9.17, 15) is 4.79 Å². The molecule has 18 heavy (non-hydrogen) atoms. The quantitative estimate of drug-likeness (QED) is 0.862. The minimum atomic E-state index is -0.00328. The highest BCUT2D eigenvalue weighted by Crippen LogP contribution is 2.24. The third kappa shape index (κ3) is 3.26. The van der Waals surface area contributed by atoms with Gasteiger partial charge < -0.3 is 5.32 Å². The molecule has 1 saturated carbocycles. The maximum Gasteiger partial charge on any atom is 0.251 e. The van der Waals surface area contributed by atoms with Gasteiger partial charge in [0.2, 0.25) is 0 Å². The Bertz CT molecular complexity index is 436. The lowest BCUT2D eigenvalue weighted by molar-refractivity contribution is 0.0923. The molecular formula is C15H20ClNO. The molecule has 2 rings (SSSR count). The van der Waals surface area contributed by atoms with Crippen molar-refractivity contribution in [3.63, 3.8) is 0 Å². The van der Waals surface area contributed by atoms with Gasteiger partial charge in [0.05, 0.1) is 0 Å². The van der Waals surface area contributed by atoms with E-state index < -0.39 is 0 Å². The summed E-state index contributed by atoms with van der Waals surface area (Å²) >= 11 is 6.04. The van der Waals surface area contributed by atoms with E-state index in [1.165, 1.54) is 12.8 Å². The maximum atomic E-state index is 12.1. The van der Waals surface area contributed by atoms with Crippen LogP contribution < -0.4 is 5.32 Å². The Balaban J connectivity index is 1.97. The van der Waals surface area contributed by atoms with Crippen LogP contribution in [0, 0.1) is 12.8 Å². The van der Waals surface area contributed by atoms with Crippen molar-refractivity contribution in [1.82, 2.24) is 5.32 Å². The molecule has 1 fully saturated rings. The van der Waals surface area contributed by atoms with Crippen molar-refractivity contribution in [1.29, 1.82) is 0 Å². The number of aryl methyl sites for hydroxylation is 1. The van der Waals surface area contributed by atoms with Gasteiger partial charge in [-0.3, -0.25) is 4.79 Å². The van der Waals surface area contributed by atoms with Crippen LogP contribution in [0.4, 0.5) is 0 Å². The molecule has 0 spiro atoms. The van der Waals surface area contributed by atoms with Crippen molar-refractivity contribution in [2.45, 2.75) is 45.6 Å². The Labute approximate surface area is 114 Å². The van der Waals surface area contributed by atoms with Gasteiger partial charge in [-0.25, -0.2) is 0 Å². The molecule has 1 amide bonds. The van der Waals surface area contributed by atoms with Crippen molar-refractivity contribution >= 4 is 17.5 Å². The molecule has 0 atom stereocenters. The minimum Gasteiger partial charge on any atom is -0.349 e. The zero-order valence-corrected chi connectivity index (χ0v) is 11.8. The maximum absolute atomic E-state index is 12.1. The summed E-state index contributed by atoms with van der Waals surface area (Å²) in [4.78, 5) is 12.1. The number of rotatable bonds is 2. The lowest BCUT2D eigenvalue weighted by atomic mass is 9.87. The average molecular weight is 266 g/mol. The predicted molar refractivity (Wildman–Crippen MR) is 75.1 cm³/mol. The summed E-state index contributed by atoms with van der Waals surface area (Å²) in [6, 6.07) is 5.80. The fraction of sp³-hybridized carbons (Fsp3) is 0.533. The lowest BCUT2D eigenvalue weighted by Crippen LogP contribution is -2.37. The molecule has 1 aromatic rings. The van der Waals surface area contributed by atoms with E-state index in [1.54, 1.807) is 6.07 Å². The summed E-state index contributed by atoms with van der Waals surface area (Å²) < 4.78 is 0. The van der Waals surface area contributed by atoms with Crippen molar-refractivity contribution in [3.8, 4) is 0 Å². The van der Waals surface area contributed by atoms with Crippen LogP contribution in [-0.4, -0.2) is 11.9 Å². The normalized spacial score (nSPS) is 23.7. The summed E-state index contributed by atoms with van der Waals surface area (Å²) in [5.41, 5.74) is 1.66. The molecule has 0 heterocycles. The topological polar surface area (TPSA) is 29.1 Å². The number of halogens is 1. The second kappa shape index (κ2) is 5.75. The first-order chi connectivity index (χ1) is 8.56. The van der Waals surface area contributed by atoms with Gasteiger partial charge >= 0.3 is 0 Å². The van der Waals surface area contributed by atoms with Gasteiger partial charge in [-0.15, -0.1) is 0 Å². The van der Waals surface area contributed by atoms with Gasteiger partial charge in [-0.1, -0.05) is 24.6 Å². The number of carbonyl (C=O) groups excluding carboxylic acids is 1. The highest BCUT2D eigenvalue weighted by Gasteiger charge is 2.20. The Kier molecular flexibility index (Phi) is 4.28. The van der Waals surface area contributed by atoms with Gasteiger partial charge in [-0.2, -0.15) is 0 Å². The Morgan fingerprint density at radius 2 is 1.94 bits per heavy atom. The lowest BCUT2D eigenvalue weighted by Gasteiger charge is -2.26. The standard InChI is InChI=1S/C15H20ClNO/c1-10-3-7-13(8-4-10)17-15(18)12-6-5-11(2)14(16)9-12/h5-6,9-10,13H,3-4,7-8H2,1-2H3,(H,17,18). The van der Waals surface area contributed by atoms with Gasteiger partial charge in [0.1, 0.15) is 0 Å². The monoisotopic (exact) mass is 265 g/mol. The third-order valence-electron chi connectivity index (χ3n) is 3.79. The second-order valence-electron chi connectivity index (χ2n) is 5.39. The SMILES string of the molecule is Cc1ccc(C(=O)NC2CCC(C)CC2)cc1Cl. The van der Waals surface area contributed by atoms with Gasteiger partial charge in [0, 0.05) is 16.6 Å². The molecule has 3 heteroatoms. The fourth-order valence-corrected chi connectivity index (χ4v) is 2.59. The number of amides is 1. The molecule has 0 aliphatic heterocycles. The minimum absolute atomic E-state index is 0.00328. The molecule has 2 nitrogen and oxygen atoms in total. The molecule has 1 aromatic carbocycles. The molecule has 0 saturated heterocycles. The fourth-order valence-electron chi connectivity index (χ4n) is 2.41. The van der Waals surface area contributed by atoms with Gasteiger partial charge in [-0.05, 0) is 56.2 Å². The first-order valence-electron chi connectivity index (χ1n) is 6.63. The molecule has 0 unspecified atom stereocenters. The Morgan fingerprint density at radius 1 is 1.28 bits per heavy atom. The highest BCUT2D eigenvalue weighted by molar-refractivity contribution is 6.31. The van der Waals surface area contributed by atoms with E-state index in [-0.39, 0.29) is 5.91 Å². The zero-order valence-electron chi connectivity index (χ0n) is 11.0. The van der Waals surface area contributed by atoms with Gasteiger partial charge in [0.15, 0.2) is 0 Å². The highest BCUT2D eigenvalue weighted by atomic mass is 35.5. The molecule has 0 radical (unpaired) electrons. The first-order valence-corrected chi connectivity index (χ1v) is 7.01. The van der Waals surface area contributed by atoms with E-state index in [0.717, 1.165) is 24.3 Å². The molecule has 1 N–H and O–H groups in total. The van der Waals surface area contributed by atoms with Crippen LogP contribution in [0.15, 0.2) is 18.2 Å². The summed E-state index contributed by atoms with van der Waals surface area (Å²) in [5.74, 6) is 0.795. The van der Waals surface area contributed by atoms with Crippen molar-refractivity contribution in [3.05, 3.63) is 34.3 Å². The molecule has 0 aromatic heterocycles. The average Bonchev–Trinajstić information content (AvgIpc) is 2.35. The summed E-state index contributed by atoms with van der Waals surface area (Å²) in [7, 11) is 0. The number of nitrogens with one attached hydrogen (secondary N) is 1. The number of carbonyl (C=O) groups is 1. The Hall–Kier alpha value is -1.02. The van der Waals surface area contributed by atoms with E-state index in [1.807, 2.05) is 19.1 Å². The Morgan fingerprint density at radius 3 is 2.56 bits per heavy atom. The van der Waals surface area contributed by atoms with Crippen LogP contribution >= 0.6 is 11.6 Å². The van der Waals surface area contributed by atoms with E-state index in [4.69, 9.17) is 11.6 Å². The van der Waals surface area contributed by atoms with Crippen LogP contribution in [0.5, 0.6) is 0 Å². The van der Waals surface area contributed by atoms with Crippen LogP contribution in [0.2, 0.25) is 5.02 Å². The third-order valence-corrected chi connectivity index (χ3v) is 4.19. The second-order valence-corrected chi connectivity index (χ2v) is 5.80. The first kappa shape index (κ1) is 13.4. The van der Waals surface area contributed by atoms with Gasteiger partial charge in [0.25, 0.3) is 5.91 Å². The van der Waals surface area contributed by atoms with Crippen LogP contribution in [0.1, 0.15) is 48.5 Å². The molecule has 0 bridgehead atoms. The van der Waals surface area contributed by atoms with Crippen molar-refractivity contribution in [2.75, 3.05) is 0 Å². The summed E-state index contributed by atoms with van der Waals surface area (Å²) in [6.07, 6.45) is 4.60. The molecule has 1 aliphatic carbocycles. The van der Waals surface area contributed by atoms with E-state index >= 15 is 0 Å². The van der Waals surface area contributed by atoms with Crippen LogP contribution in [0.3, 0.4) is 0 Å². The summed E-state index contributed by atoms with van der Waals surface area (Å²) in [6.45, 7) is 4.21. The van der Waals surface area contributed by atoms with Crippen LogP contribution in [-0.2, 0) is 0 Å². The number of benzene rings is 1. The largest absolute Gasteiger partial charge is 0.349 e. The van der Waals surface area contributed by atoms with E-state index in [2.05, 4.69) is 12.2 Å². The van der Waals surface area contributed by atoms with E-state index in [0.29, 0.717) is 16.6 Å². The molecule has 1 aliphatic rings. The van der Waals surface area contributed by atoms with Crippen molar-refractivity contribution < 1.29 is 4.79 Å².